The molecule has 1 atom stereocenters. The molecule has 0 fully saturated rings. The normalized spacial score (nSPS) is 16.2. The first kappa shape index (κ1) is 16.1. The first-order valence-electron chi connectivity index (χ1n) is 7.96. The van der Waals surface area contributed by atoms with E-state index in [9.17, 15) is 0 Å². The number of benzene rings is 1. The molecule has 4 heteroatoms. The summed E-state index contributed by atoms with van der Waals surface area (Å²) in [6.07, 6.45) is 3.23. The van der Waals surface area contributed by atoms with Gasteiger partial charge in [-0.05, 0) is 57.0 Å². The average Bonchev–Trinajstić information content (AvgIpc) is 2.94. The Balaban J connectivity index is 2.16. The highest BCUT2D eigenvalue weighted by atomic mass is 16.7. The Bertz CT molecular complexity index is 458. The van der Waals surface area contributed by atoms with Crippen LogP contribution in [-0.4, -0.2) is 36.9 Å². The summed E-state index contributed by atoms with van der Waals surface area (Å²) in [4.78, 5) is 2.53. The van der Waals surface area contributed by atoms with Crippen LogP contribution in [0.15, 0.2) is 18.2 Å². The third-order valence-electron chi connectivity index (χ3n) is 4.21. The maximum atomic E-state index is 6.13. The second-order valence-corrected chi connectivity index (χ2v) is 6.05. The quantitative estimate of drug-likeness (QED) is 0.800. The molecule has 1 aromatic rings. The third-order valence-corrected chi connectivity index (χ3v) is 4.21. The highest BCUT2D eigenvalue weighted by molar-refractivity contribution is 5.44. The molecule has 1 unspecified atom stereocenters. The van der Waals surface area contributed by atoms with E-state index in [2.05, 4.69) is 37.8 Å². The summed E-state index contributed by atoms with van der Waals surface area (Å²) in [5, 5.41) is 0. The van der Waals surface area contributed by atoms with E-state index < -0.39 is 0 Å². The molecule has 0 bridgehead atoms. The predicted molar refractivity (Wildman–Crippen MR) is 85.9 cm³/mol. The van der Waals surface area contributed by atoms with Crippen molar-refractivity contribution in [1.29, 1.82) is 0 Å². The van der Waals surface area contributed by atoms with Gasteiger partial charge in [0.2, 0.25) is 6.79 Å². The van der Waals surface area contributed by atoms with Crippen LogP contribution in [0.3, 0.4) is 0 Å². The summed E-state index contributed by atoms with van der Waals surface area (Å²) in [6.45, 7) is 9.87. The molecule has 2 rings (SSSR count). The lowest BCUT2D eigenvalue weighted by Gasteiger charge is -2.41. The molecule has 0 saturated carbocycles. The average molecular weight is 292 g/mol. The number of nitrogens with zero attached hydrogens (tertiary/aromatic N) is 1. The maximum absolute atomic E-state index is 6.13. The van der Waals surface area contributed by atoms with Crippen molar-refractivity contribution in [3.05, 3.63) is 23.8 Å². The van der Waals surface area contributed by atoms with Crippen LogP contribution in [0.1, 0.15) is 39.2 Å². The second-order valence-electron chi connectivity index (χ2n) is 6.05. The molecule has 21 heavy (non-hydrogen) atoms. The Kier molecular flexibility index (Phi) is 5.48. The van der Waals surface area contributed by atoms with Crippen molar-refractivity contribution in [3.63, 3.8) is 0 Å². The fourth-order valence-electron chi connectivity index (χ4n) is 3.00. The lowest BCUT2D eigenvalue weighted by Crippen LogP contribution is -2.53. The molecule has 0 aliphatic carbocycles. The molecule has 0 saturated heterocycles. The van der Waals surface area contributed by atoms with Crippen molar-refractivity contribution >= 4 is 0 Å². The number of ether oxygens (including phenoxy) is 2. The van der Waals surface area contributed by atoms with Gasteiger partial charge in [-0.25, -0.2) is 0 Å². The van der Waals surface area contributed by atoms with Crippen LogP contribution in [0.4, 0.5) is 0 Å². The number of nitrogens with two attached hydrogens (primary N) is 1. The number of rotatable bonds is 8. The van der Waals surface area contributed by atoms with Gasteiger partial charge in [-0.3, -0.25) is 4.90 Å². The van der Waals surface area contributed by atoms with E-state index in [1.54, 1.807) is 0 Å². The fourth-order valence-corrected chi connectivity index (χ4v) is 3.00. The first-order chi connectivity index (χ1) is 10.1. The minimum Gasteiger partial charge on any atom is -0.454 e. The molecular formula is C17H28N2O2. The maximum Gasteiger partial charge on any atom is 0.231 e. The van der Waals surface area contributed by atoms with Crippen LogP contribution in [0, 0.1) is 0 Å². The minimum atomic E-state index is -0.0142. The highest BCUT2D eigenvalue weighted by Crippen LogP contribution is 2.34. The van der Waals surface area contributed by atoms with Gasteiger partial charge < -0.3 is 15.2 Å². The number of fused-ring (bicyclic) bond motifs is 1. The molecule has 2 N–H and O–H groups in total. The molecule has 1 aromatic carbocycles. The summed E-state index contributed by atoms with van der Waals surface area (Å²) in [6, 6.07) is 6.21. The zero-order valence-electron chi connectivity index (χ0n) is 13.5. The summed E-state index contributed by atoms with van der Waals surface area (Å²) < 4.78 is 10.9. The van der Waals surface area contributed by atoms with Crippen molar-refractivity contribution < 1.29 is 9.47 Å². The lowest BCUT2D eigenvalue weighted by atomic mass is 9.90. The van der Waals surface area contributed by atoms with Crippen molar-refractivity contribution in [2.75, 3.05) is 26.4 Å². The summed E-state index contributed by atoms with van der Waals surface area (Å²) in [5.41, 5.74) is 7.37. The fraction of sp³-hybridized carbons (Fsp3) is 0.647. The smallest absolute Gasteiger partial charge is 0.231 e. The molecule has 0 amide bonds. The Morgan fingerprint density at radius 3 is 2.43 bits per heavy atom. The van der Waals surface area contributed by atoms with Crippen LogP contribution >= 0.6 is 0 Å². The topological polar surface area (TPSA) is 47.7 Å². The first-order valence-corrected chi connectivity index (χ1v) is 7.96. The van der Waals surface area contributed by atoms with Crippen LogP contribution in [-0.2, 0) is 6.42 Å². The second kappa shape index (κ2) is 7.14. The van der Waals surface area contributed by atoms with E-state index in [4.69, 9.17) is 15.2 Å². The largest absolute Gasteiger partial charge is 0.454 e. The standard InChI is InChI=1S/C17H28N2O2/c1-4-8-19(9-5-2)17(3,12-18)11-14-6-7-15-16(10-14)21-13-20-15/h6-7,10H,4-5,8-9,11-13,18H2,1-3H3. The minimum absolute atomic E-state index is 0.0142. The molecule has 1 aliphatic heterocycles. The Labute approximate surface area is 128 Å². The van der Waals surface area contributed by atoms with Gasteiger partial charge in [0.15, 0.2) is 11.5 Å². The van der Waals surface area contributed by atoms with Gasteiger partial charge in [0.05, 0.1) is 0 Å². The van der Waals surface area contributed by atoms with Gasteiger partial charge in [0.1, 0.15) is 0 Å². The van der Waals surface area contributed by atoms with Crippen LogP contribution in [0.5, 0.6) is 11.5 Å². The van der Waals surface area contributed by atoms with Gasteiger partial charge in [0, 0.05) is 12.1 Å². The Morgan fingerprint density at radius 1 is 1.14 bits per heavy atom. The molecule has 4 nitrogen and oxygen atoms in total. The van der Waals surface area contributed by atoms with E-state index in [0.717, 1.165) is 43.9 Å². The van der Waals surface area contributed by atoms with Crippen molar-refractivity contribution in [3.8, 4) is 11.5 Å². The van der Waals surface area contributed by atoms with Crippen molar-refractivity contribution in [2.45, 2.75) is 45.6 Å². The van der Waals surface area contributed by atoms with Crippen LogP contribution in [0.25, 0.3) is 0 Å². The van der Waals surface area contributed by atoms with Crippen LogP contribution < -0.4 is 15.2 Å². The number of hydrogen-bond donors (Lipinski definition) is 1. The third kappa shape index (κ3) is 3.69. The molecule has 1 aliphatic rings. The van der Waals surface area contributed by atoms with E-state index in [1.165, 1.54) is 5.56 Å². The SMILES string of the molecule is CCCN(CCC)C(C)(CN)Cc1ccc2c(c1)OCO2. The predicted octanol–water partition coefficient (Wildman–Crippen LogP) is 2.80. The van der Waals surface area contributed by atoms with Crippen LogP contribution in [0.2, 0.25) is 0 Å². The van der Waals surface area contributed by atoms with E-state index >= 15 is 0 Å². The van der Waals surface area contributed by atoms with Crippen molar-refractivity contribution in [1.82, 2.24) is 4.90 Å². The van der Waals surface area contributed by atoms with E-state index in [-0.39, 0.29) is 5.54 Å². The lowest BCUT2D eigenvalue weighted by molar-refractivity contribution is 0.110. The molecule has 0 radical (unpaired) electrons. The summed E-state index contributed by atoms with van der Waals surface area (Å²) in [5.74, 6) is 1.69. The van der Waals surface area contributed by atoms with Gasteiger partial charge in [-0.1, -0.05) is 19.9 Å². The molecular weight excluding hydrogens is 264 g/mol. The molecule has 1 heterocycles. The zero-order chi connectivity index (χ0) is 15.3. The number of hydrogen-bond acceptors (Lipinski definition) is 4. The van der Waals surface area contributed by atoms with Gasteiger partial charge >= 0.3 is 0 Å². The highest BCUT2D eigenvalue weighted by Gasteiger charge is 2.30. The summed E-state index contributed by atoms with van der Waals surface area (Å²) in [7, 11) is 0. The van der Waals surface area contributed by atoms with Gasteiger partial charge in [0.25, 0.3) is 0 Å². The molecule has 0 aromatic heterocycles. The zero-order valence-corrected chi connectivity index (χ0v) is 13.5. The van der Waals surface area contributed by atoms with Gasteiger partial charge in [-0.2, -0.15) is 0 Å². The Hall–Kier alpha value is -1.26. The monoisotopic (exact) mass is 292 g/mol. The van der Waals surface area contributed by atoms with Crippen molar-refractivity contribution in [2.24, 2.45) is 5.73 Å². The van der Waals surface area contributed by atoms with E-state index in [0.29, 0.717) is 13.3 Å². The van der Waals surface area contributed by atoms with E-state index in [1.807, 2.05) is 6.07 Å². The van der Waals surface area contributed by atoms with Gasteiger partial charge in [-0.15, -0.1) is 0 Å². The Morgan fingerprint density at radius 2 is 1.81 bits per heavy atom. The molecule has 118 valence electrons. The molecule has 0 spiro atoms. The summed E-state index contributed by atoms with van der Waals surface area (Å²) >= 11 is 0.